The third-order valence-electron chi connectivity index (χ3n) is 1.54. The van der Waals surface area contributed by atoms with E-state index in [1.165, 1.54) is 0 Å². The Morgan fingerprint density at radius 3 is 2.19 bits per heavy atom. The van der Waals surface area contributed by atoms with Crippen LogP contribution < -0.4 is 5.32 Å². The van der Waals surface area contributed by atoms with Crippen molar-refractivity contribution < 1.29 is 19.4 Å². The maximum absolute atomic E-state index is 11.3. The Labute approximate surface area is 101 Å². The lowest BCUT2D eigenvalue weighted by atomic mass is 10.1. The lowest BCUT2D eigenvalue weighted by Crippen LogP contribution is -2.40. The van der Waals surface area contributed by atoms with Crippen molar-refractivity contribution in [3.63, 3.8) is 0 Å². The molecule has 1 atom stereocenters. The van der Waals surface area contributed by atoms with Gasteiger partial charge in [0.05, 0.1) is 6.42 Å². The molecule has 0 aliphatic heterocycles. The predicted octanol–water partition coefficient (Wildman–Crippen LogP) is 1.67. The largest absolute Gasteiger partial charge is 0.481 e. The number of carboxylic acids is 1. The van der Waals surface area contributed by atoms with Gasteiger partial charge in [0.25, 0.3) is 0 Å². The molecule has 0 radical (unpaired) electrons. The Kier molecular flexibility index (Phi) is 5.12. The van der Waals surface area contributed by atoms with Gasteiger partial charge in [-0.2, -0.15) is 12.6 Å². The summed E-state index contributed by atoms with van der Waals surface area (Å²) in [5.41, 5.74) is -0.566. The molecule has 0 aliphatic rings. The molecule has 6 heteroatoms. The van der Waals surface area contributed by atoms with Crippen molar-refractivity contribution in [1.82, 2.24) is 5.32 Å². The number of carbonyl (C=O) groups excluding carboxylic acids is 1. The predicted molar refractivity (Wildman–Crippen MR) is 63.9 cm³/mol. The van der Waals surface area contributed by atoms with Crippen LogP contribution >= 0.6 is 12.6 Å². The fourth-order valence-electron chi connectivity index (χ4n) is 0.965. The van der Waals surface area contributed by atoms with Crippen LogP contribution in [0.2, 0.25) is 0 Å². The molecular weight excluding hydrogens is 230 g/mol. The summed E-state index contributed by atoms with van der Waals surface area (Å²) in [6.07, 6.45) is -0.704. The van der Waals surface area contributed by atoms with Crippen LogP contribution in [-0.2, 0) is 9.53 Å². The van der Waals surface area contributed by atoms with Gasteiger partial charge in [0.2, 0.25) is 0 Å². The average Bonchev–Trinajstić information content (AvgIpc) is 1.95. The highest BCUT2D eigenvalue weighted by molar-refractivity contribution is 7.81. The van der Waals surface area contributed by atoms with Crippen LogP contribution in [0.5, 0.6) is 0 Å². The van der Waals surface area contributed by atoms with Gasteiger partial charge in [-0.25, -0.2) is 4.79 Å². The van der Waals surface area contributed by atoms with Crippen molar-refractivity contribution in [1.29, 1.82) is 0 Å². The average molecular weight is 249 g/mol. The first-order valence-corrected chi connectivity index (χ1v) is 5.38. The number of carbonyl (C=O) groups is 2. The summed E-state index contributed by atoms with van der Waals surface area (Å²) >= 11 is 4.16. The highest BCUT2D eigenvalue weighted by atomic mass is 32.1. The van der Waals surface area contributed by atoms with Crippen molar-refractivity contribution in [3.05, 3.63) is 0 Å². The number of nitrogens with one attached hydrogen (secondary N) is 1. The van der Waals surface area contributed by atoms with E-state index >= 15 is 0 Å². The summed E-state index contributed by atoms with van der Waals surface area (Å²) in [7, 11) is 0. The molecule has 0 saturated heterocycles. The fraction of sp³-hybridized carbons (Fsp3) is 0.800. The highest BCUT2D eigenvalue weighted by Crippen LogP contribution is 2.17. The number of alkyl carbamates (subject to hydrolysis) is 1. The molecule has 2 N–H and O–H groups in total. The van der Waals surface area contributed by atoms with Gasteiger partial charge in [0, 0.05) is 11.3 Å². The molecule has 5 nitrogen and oxygen atoms in total. The van der Waals surface area contributed by atoms with E-state index in [0.717, 1.165) is 0 Å². The van der Waals surface area contributed by atoms with E-state index in [4.69, 9.17) is 9.84 Å². The smallest absolute Gasteiger partial charge is 0.407 e. The maximum atomic E-state index is 11.3. The molecule has 0 spiro atoms. The van der Waals surface area contributed by atoms with Gasteiger partial charge >= 0.3 is 12.1 Å². The zero-order valence-corrected chi connectivity index (χ0v) is 10.9. The van der Waals surface area contributed by atoms with Gasteiger partial charge in [-0.15, -0.1) is 0 Å². The van der Waals surface area contributed by atoms with Crippen LogP contribution in [0.1, 0.15) is 34.1 Å². The third-order valence-corrected chi connectivity index (χ3v) is 1.86. The summed E-state index contributed by atoms with van der Waals surface area (Å²) < 4.78 is 4.22. The highest BCUT2D eigenvalue weighted by Gasteiger charge is 2.25. The number of rotatable bonds is 4. The van der Waals surface area contributed by atoms with Gasteiger partial charge < -0.3 is 15.2 Å². The molecule has 16 heavy (non-hydrogen) atoms. The first kappa shape index (κ1) is 15.1. The van der Waals surface area contributed by atoms with E-state index in [0.29, 0.717) is 0 Å². The number of hydrogen-bond donors (Lipinski definition) is 3. The van der Waals surface area contributed by atoms with Crippen LogP contribution in [0.3, 0.4) is 0 Å². The summed E-state index contributed by atoms with van der Waals surface area (Å²) in [6, 6.07) is 0. The maximum Gasteiger partial charge on any atom is 0.407 e. The minimum absolute atomic E-state index is 0.133. The molecule has 0 saturated carbocycles. The Bertz CT molecular complexity index is 270. The van der Waals surface area contributed by atoms with Gasteiger partial charge in [-0.05, 0) is 27.7 Å². The molecule has 94 valence electrons. The fourth-order valence-corrected chi connectivity index (χ4v) is 1.18. The van der Waals surface area contributed by atoms with Crippen LogP contribution in [0, 0.1) is 0 Å². The Morgan fingerprint density at radius 2 is 1.81 bits per heavy atom. The van der Waals surface area contributed by atoms with Crippen molar-refractivity contribution in [2.24, 2.45) is 0 Å². The Hall–Kier alpha value is -0.910. The minimum Gasteiger partial charge on any atom is -0.481 e. The quantitative estimate of drug-likeness (QED) is 0.662. The van der Waals surface area contributed by atoms with Crippen molar-refractivity contribution >= 4 is 24.7 Å². The van der Waals surface area contributed by atoms with Crippen molar-refractivity contribution in [2.75, 3.05) is 6.54 Å². The Balaban J connectivity index is 4.05. The Morgan fingerprint density at radius 1 is 1.31 bits per heavy atom. The minimum atomic E-state index is -0.955. The normalized spacial score (nSPS) is 15.1. The second-order valence-electron chi connectivity index (χ2n) is 4.92. The molecule has 1 amide bonds. The van der Waals surface area contributed by atoms with E-state index < -0.39 is 22.4 Å². The van der Waals surface area contributed by atoms with E-state index in [2.05, 4.69) is 17.9 Å². The molecule has 1 unspecified atom stereocenters. The number of thiol groups is 1. The molecule has 0 rings (SSSR count). The molecule has 0 aliphatic carbocycles. The second kappa shape index (κ2) is 5.43. The topological polar surface area (TPSA) is 75.6 Å². The number of amides is 1. The van der Waals surface area contributed by atoms with Gasteiger partial charge in [-0.1, -0.05) is 0 Å². The SMILES string of the molecule is CC(S)(CNC(=O)OC(C)(C)C)CC(=O)O. The molecule has 0 aromatic heterocycles. The summed E-state index contributed by atoms with van der Waals surface area (Å²) in [5, 5.41) is 11.1. The van der Waals surface area contributed by atoms with Crippen molar-refractivity contribution in [2.45, 2.75) is 44.5 Å². The van der Waals surface area contributed by atoms with Crippen LogP contribution in [0.25, 0.3) is 0 Å². The van der Waals surface area contributed by atoms with E-state index in [1.807, 2.05) is 0 Å². The molecule has 0 aromatic carbocycles. The monoisotopic (exact) mass is 249 g/mol. The standard InChI is InChI=1S/C10H19NO4S/c1-9(2,3)15-8(14)11-6-10(4,16)5-7(12)13/h16H,5-6H2,1-4H3,(H,11,14)(H,12,13). The zero-order valence-electron chi connectivity index (χ0n) is 10.0. The zero-order chi connectivity index (χ0) is 13.0. The molecule has 0 heterocycles. The molecule has 0 fully saturated rings. The van der Waals surface area contributed by atoms with E-state index in [1.54, 1.807) is 27.7 Å². The van der Waals surface area contributed by atoms with E-state index in [9.17, 15) is 9.59 Å². The summed E-state index contributed by atoms with van der Waals surface area (Å²) in [4.78, 5) is 21.8. The number of hydrogen-bond acceptors (Lipinski definition) is 4. The summed E-state index contributed by atoms with van der Waals surface area (Å²) in [5.74, 6) is -0.955. The lowest BCUT2D eigenvalue weighted by Gasteiger charge is -2.24. The van der Waals surface area contributed by atoms with E-state index in [-0.39, 0.29) is 13.0 Å². The van der Waals surface area contributed by atoms with Gasteiger partial charge in [0.1, 0.15) is 5.60 Å². The second-order valence-corrected chi connectivity index (χ2v) is 6.00. The number of ether oxygens (including phenoxy) is 1. The third kappa shape index (κ3) is 8.40. The first-order valence-electron chi connectivity index (χ1n) is 4.93. The summed E-state index contributed by atoms with van der Waals surface area (Å²) in [6.45, 7) is 7.04. The molecule has 0 aromatic rings. The van der Waals surface area contributed by atoms with Gasteiger partial charge in [0.15, 0.2) is 0 Å². The van der Waals surface area contributed by atoms with Gasteiger partial charge in [-0.3, -0.25) is 4.79 Å². The number of carboxylic acid groups (broad SMARTS) is 1. The lowest BCUT2D eigenvalue weighted by molar-refractivity contribution is -0.137. The van der Waals surface area contributed by atoms with Crippen LogP contribution in [-0.4, -0.2) is 34.1 Å². The molecular formula is C10H19NO4S. The molecule has 0 bridgehead atoms. The first-order chi connectivity index (χ1) is 7.02. The number of aliphatic carboxylic acids is 1. The van der Waals surface area contributed by atoms with Crippen LogP contribution in [0.4, 0.5) is 4.79 Å². The van der Waals surface area contributed by atoms with Crippen LogP contribution in [0.15, 0.2) is 0 Å². The van der Waals surface area contributed by atoms with Crippen molar-refractivity contribution in [3.8, 4) is 0 Å².